The van der Waals surface area contributed by atoms with E-state index in [0.717, 1.165) is 16.8 Å². The summed E-state index contributed by atoms with van der Waals surface area (Å²) in [6.45, 7) is 1.84. The van der Waals surface area contributed by atoms with E-state index < -0.39 is 9.84 Å². The van der Waals surface area contributed by atoms with Gasteiger partial charge in [0, 0.05) is 11.8 Å². The van der Waals surface area contributed by atoms with Gasteiger partial charge in [-0.15, -0.1) is 0 Å². The molecule has 0 radical (unpaired) electrons. The van der Waals surface area contributed by atoms with Gasteiger partial charge in [-0.25, -0.2) is 8.42 Å². The minimum Gasteiger partial charge on any atom is -0.364 e. The lowest BCUT2D eigenvalue weighted by molar-refractivity contribution is 0.415. The summed E-state index contributed by atoms with van der Waals surface area (Å²) in [5.74, 6) is 0. The van der Waals surface area contributed by atoms with E-state index in [1.807, 2.05) is 6.92 Å². The van der Waals surface area contributed by atoms with Crippen molar-refractivity contribution in [2.45, 2.75) is 11.8 Å². The van der Waals surface area contributed by atoms with E-state index >= 15 is 0 Å². The summed E-state index contributed by atoms with van der Waals surface area (Å²) in [4.78, 5) is 0.311. The molecule has 0 aliphatic heterocycles. The Morgan fingerprint density at radius 2 is 1.81 bits per heavy atom. The average Bonchev–Trinajstić information content (AvgIpc) is 2.63. The molecule has 0 N–H and O–H groups in total. The van der Waals surface area contributed by atoms with Crippen LogP contribution >= 0.6 is 0 Å². The van der Waals surface area contributed by atoms with Crippen molar-refractivity contribution >= 4 is 9.84 Å². The maximum atomic E-state index is 11.3. The smallest absolute Gasteiger partial charge is 0.175 e. The summed E-state index contributed by atoms with van der Waals surface area (Å²) in [7, 11) is -3.14. The Hall–Kier alpha value is -1.62. The van der Waals surface area contributed by atoms with Crippen LogP contribution in [0.15, 0.2) is 39.9 Å². The van der Waals surface area contributed by atoms with Crippen LogP contribution < -0.4 is 0 Å². The van der Waals surface area contributed by atoms with Gasteiger partial charge in [-0.2, -0.15) is 0 Å². The first-order valence-electron chi connectivity index (χ1n) is 4.70. The van der Waals surface area contributed by atoms with E-state index in [0.29, 0.717) is 4.90 Å². The van der Waals surface area contributed by atoms with Gasteiger partial charge in [0.1, 0.15) is 6.26 Å². The van der Waals surface area contributed by atoms with E-state index in [-0.39, 0.29) is 0 Å². The number of rotatable bonds is 2. The zero-order valence-corrected chi connectivity index (χ0v) is 9.78. The summed E-state index contributed by atoms with van der Waals surface area (Å²) in [6, 6.07) is 6.65. The molecule has 2 aromatic rings. The quantitative estimate of drug-likeness (QED) is 0.802. The van der Waals surface area contributed by atoms with E-state index in [2.05, 4.69) is 5.16 Å². The van der Waals surface area contributed by atoms with Crippen LogP contribution in [0.1, 0.15) is 5.69 Å². The molecule has 0 bridgehead atoms. The number of aromatic nitrogens is 1. The fourth-order valence-electron chi connectivity index (χ4n) is 1.45. The summed E-state index contributed by atoms with van der Waals surface area (Å²) in [5.41, 5.74) is 2.55. The molecule has 0 spiro atoms. The number of nitrogens with zero attached hydrogens (tertiary/aromatic N) is 1. The second-order valence-corrected chi connectivity index (χ2v) is 5.63. The Morgan fingerprint density at radius 3 is 2.25 bits per heavy atom. The van der Waals surface area contributed by atoms with E-state index in [4.69, 9.17) is 4.52 Å². The Balaban J connectivity index is 2.45. The Morgan fingerprint density at radius 1 is 1.19 bits per heavy atom. The highest BCUT2D eigenvalue weighted by molar-refractivity contribution is 7.90. The first-order valence-corrected chi connectivity index (χ1v) is 6.59. The largest absolute Gasteiger partial charge is 0.364 e. The first-order chi connectivity index (χ1) is 7.48. The fraction of sp³-hybridized carbons (Fsp3) is 0.182. The van der Waals surface area contributed by atoms with Crippen molar-refractivity contribution in [2.24, 2.45) is 0 Å². The van der Waals surface area contributed by atoms with Crippen molar-refractivity contribution in [2.75, 3.05) is 6.26 Å². The molecule has 1 aromatic heterocycles. The van der Waals surface area contributed by atoms with E-state index in [1.54, 1.807) is 30.5 Å². The lowest BCUT2D eigenvalue weighted by atomic mass is 10.1. The molecule has 0 atom stereocenters. The van der Waals surface area contributed by atoms with Crippen molar-refractivity contribution in [3.63, 3.8) is 0 Å². The Bertz CT molecular complexity index is 596. The maximum absolute atomic E-state index is 11.3. The minimum absolute atomic E-state index is 0.311. The molecule has 0 aliphatic carbocycles. The molecule has 0 saturated carbocycles. The minimum atomic E-state index is -3.14. The topological polar surface area (TPSA) is 60.2 Å². The monoisotopic (exact) mass is 237 g/mol. The predicted molar refractivity (Wildman–Crippen MR) is 59.8 cm³/mol. The molecule has 84 valence electrons. The molecule has 4 nitrogen and oxygen atoms in total. The van der Waals surface area contributed by atoms with Gasteiger partial charge in [0.25, 0.3) is 0 Å². The van der Waals surface area contributed by atoms with Crippen molar-refractivity contribution in [3.05, 3.63) is 36.2 Å². The molecule has 0 unspecified atom stereocenters. The van der Waals surface area contributed by atoms with Crippen LogP contribution in [0.25, 0.3) is 11.1 Å². The predicted octanol–water partition coefficient (Wildman–Crippen LogP) is 2.05. The number of hydrogen-bond donors (Lipinski definition) is 0. The molecule has 0 aliphatic rings. The molecule has 2 rings (SSSR count). The van der Waals surface area contributed by atoms with Crippen LogP contribution in [0.5, 0.6) is 0 Å². The normalized spacial score (nSPS) is 11.6. The number of sulfone groups is 1. The Labute approximate surface area is 93.8 Å². The second-order valence-electron chi connectivity index (χ2n) is 3.61. The van der Waals surface area contributed by atoms with Gasteiger partial charge < -0.3 is 4.52 Å². The lowest BCUT2D eigenvalue weighted by Crippen LogP contribution is -1.96. The van der Waals surface area contributed by atoms with Crippen LogP contribution in [-0.2, 0) is 9.84 Å². The van der Waals surface area contributed by atoms with Crippen LogP contribution in [0, 0.1) is 6.92 Å². The lowest BCUT2D eigenvalue weighted by Gasteiger charge is -2.00. The summed E-state index contributed by atoms with van der Waals surface area (Å²) in [5, 5.41) is 3.77. The van der Waals surface area contributed by atoms with Crippen molar-refractivity contribution in [1.82, 2.24) is 5.16 Å². The third-order valence-corrected chi connectivity index (χ3v) is 3.47. The number of hydrogen-bond acceptors (Lipinski definition) is 4. The van der Waals surface area contributed by atoms with Crippen molar-refractivity contribution in [1.29, 1.82) is 0 Å². The van der Waals surface area contributed by atoms with Gasteiger partial charge in [-0.3, -0.25) is 0 Å². The summed E-state index contributed by atoms with van der Waals surface area (Å²) in [6.07, 6.45) is 2.73. The molecule has 1 heterocycles. The molecular weight excluding hydrogens is 226 g/mol. The van der Waals surface area contributed by atoms with Crippen LogP contribution in [0.3, 0.4) is 0 Å². The fourth-order valence-corrected chi connectivity index (χ4v) is 2.08. The van der Waals surface area contributed by atoms with E-state index in [1.165, 1.54) is 6.26 Å². The van der Waals surface area contributed by atoms with Crippen LogP contribution in [0.4, 0.5) is 0 Å². The van der Waals surface area contributed by atoms with Gasteiger partial charge >= 0.3 is 0 Å². The molecule has 1 aromatic carbocycles. The first kappa shape index (κ1) is 10.9. The van der Waals surface area contributed by atoms with Crippen LogP contribution in [-0.4, -0.2) is 19.8 Å². The summed E-state index contributed by atoms with van der Waals surface area (Å²) < 4.78 is 27.4. The molecule has 16 heavy (non-hydrogen) atoms. The van der Waals surface area contributed by atoms with Gasteiger partial charge in [0.15, 0.2) is 9.84 Å². The maximum Gasteiger partial charge on any atom is 0.175 e. The molecular formula is C11H11NO3S. The van der Waals surface area contributed by atoms with Gasteiger partial charge in [-0.05, 0) is 24.6 Å². The Kier molecular flexibility index (Phi) is 2.55. The standard InChI is InChI=1S/C11H11NO3S/c1-8-11(7-15-12-8)9-3-5-10(6-4-9)16(2,13)14/h3-7H,1-2H3. The molecule has 0 saturated heterocycles. The highest BCUT2D eigenvalue weighted by Crippen LogP contribution is 2.23. The summed E-state index contributed by atoms with van der Waals surface area (Å²) >= 11 is 0. The third kappa shape index (κ3) is 1.99. The van der Waals surface area contributed by atoms with Crippen molar-refractivity contribution < 1.29 is 12.9 Å². The number of benzene rings is 1. The van der Waals surface area contributed by atoms with Crippen LogP contribution in [0.2, 0.25) is 0 Å². The molecule has 0 fully saturated rings. The molecule has 5 heteroatoms. The van der Waals surface area contributed by atoms with Gasteiger partial charge in [-0.1, -0.05) is 17.3 Å². The SMILES string of the molecule is Cc1nocc1-c1ccc(S(C)(=O)=O)cc1. The zero-order chi connectivity index (χ0) is 11.8. The second kappa shape index (κ2) is 3.75. The highest BCUT2D eigenvalue weighted by atomic mass is 32.2. The number of aryl methyl sites for hydroxylation is 1. The molecule has 0 amide bonds. The van der Waals surface area contributed by atoms with E-state index in [9.17, 15) is 8.42 Å². The van der Waals surface area contributed by atoms with Gasteiger partial charge in [0.05, 0.1) is 10.6 Å². The zero-order valence-electron chi connectivity index (χ0n) is 8.97. The highest BCUT2D eigenvalue weighted by Gasteiger charge is 2.09. The van der Waals surface area contributed by atoms with Crippen molar-refractivity contribution in [3.8, 4) is 11.1 Å². The average molecular weight is 237 g/mol. The third-order valence-electron chi connectivity index (χ3n) is 2.34. The van der Waals surface area contributed by atoms with Gasteiger partial charge in [0.2, 0.25) is 0 Å².